The zero-order valence-electron chi connectivity index (χ0n) is 12.1. The van der Waals surface area contributed by atoms with Crippen LogP contribution in [0.3, 0.4) is 0 Å². The summed E-state index contributed by atoms with van der Waals surface area (Å²) in [5, 5.41) is 9.59. The maximum Gasteiger partial charge on any atom is 0.325 e. The first-order valence-corrected chi connectivity index (χ1v) is 6.87. The van der Waals surface area contributed by atoms with Gasteiger partial charge >= 0.3 is 5.97 Å². The van der Waals surface area contributed by atoms with Crippen LogP contribution in [-0.4, -0.2) is 34.8 Å². The SMILES string of the molecule is CN(Cc1ccccn1)[C@H](C(=O)O)c1ccc2c(c1)OCO2. The van der Waals surface area contributed by atoms with E-state index in [9.17, 15) is 9.90 Å². The molecule has 0 radical (unpaired) electrons. The van der Waals surface area contributed by atoms with E-state index in [-0.39, 0.29) is 6.79 Å². The molecule has 0 bridgehead atoms. The number of carboxylic acids is 1. The quantitative estimate of drug-likeness (QED) is 0.911. The number of ether oxygens (including phenoxy) is 2. The molecule has 114 valence electrons. The predicted octanol–water partition coefficient (Wildman–Crippen LogP) is 2.07. The highest BCUT2D eigenvalue weighted by Crippen LogP contribution is 2.35. The Labute approximate surface area is 127 Å². The molecule has 6 nitrogen and oxygen atoms in total. The van der Waals surface area contributed by atoms with Crippen LogP contribution in [-0.2, 0) is 11.3 Å². The number of carboxylic acid groups (broad SMARTS) is 1. The number of pyridine rings is 1. The second-order valence-corrected chi connectivity index (χ2v) is 5.09. The van der Waals surface area contributed by atoms with Crippen LogP contribution >= 0.6 is 0 Å². The molecule has 1 aromatic heterocycles. The summed E-state index contributed by atoms with van der Waals surface area (Å²) < 4.78 is 10.6. The van der Waals surface area contributed by atoms with Gasteiger partial charge in [-0.25, -0.2) is 0 Å². The minimum atomic E-state index is -0.919. The minimum Gasteiger partial charge on any atom is -0.480 e. The Hall–Kier alpha value is -2.60. The lowest BCUT2D eigenvalue weighted by Crippen LogP contribution is -2.30. The standard InChI is InChI=1S/C16H16N2O4/c1-18(9-12-4-2-3-7-17-12)15(16(19)20)11-5-6-13-14(8-11)22-10-21-13/h2-8,15H,9-10H2,1H3,(H,19,20)/t15-/m0/s1. The zero-order chi connectivity index (χ0) is 15.5. The van der Waals surface area contributed by atoms with Crippen LogP contribution in [0.4, 0.5) is 0 Å². The van der Waals surface area contributed by atoms with Crippen LogP contribution in [0.2, 0.25) is 0 Å². The van der Waals surface area contributed by atoms with Gasteiger partial charge in [0.2, 0.25) is 6.79 Å². The van der Waals surface area contributed by atoms with Crippen molar-refractivity contribution in [3.05, 3.63) is 53.9 Å². The lowest BCUT2D eigenvalue weighted by Gasteiger charge is -2.24. The van der Waals surface area contributed by atoms with Gasteiger partial charge in [-0.2, -0.15) is 0 Å². The fourth-order valence-electron chi connectivity index (χ4n) is 2.51. The number of hydrogen-bond donors (Lipinski definition) is 1. The van der Waals surface area contributed by atoms with E-state index in [0.29, 0.717) is 23.6 Å². The van der Waals surface area contributed by atoms with Gasteiger partial charge in [-0.15, -0.1) is 0 Å². The number of rotatable bonds is 5. The summed E-state index contributed by atoms with van der Waals surface area (Å²) in [4.78, 5) is 17.7. The molecule has 22 heavy (non-hydrogen) atoms. The topological polar surface area (TPSA) is 71.9 Å². The molecule has 0 saturated heterocycles. The number of benzene rings is 1. The molecule has 0 aliphatic carbocycles. The van der Waals surface area contributed by atoms with Crippen LogP contribution < -0.4 is 9.47 Å². The van der Waals surface area contributed by atoms with Crippen LogP contribution in [0.15, 0.2) is 42.6 Å². The van der Waals surface area contributed by atoms with Gasteiger partial charge in [0, 0.05) is 12.7 Å². The summed E-state index contributed by atoms with van der Waals surface area (Å²) >= 11 is 0. The van der Waals surface area contributed by atoms with E-state index in [1.54, 1.807) is 36.3 Å². The number of likely N-dealkylation sites (N-methyl/N-ethyl adjacent to an activating group) is 1. The zero-order valence-corrected chi connectivity index (χ0v) is 12.1. The number of aromatic nitrogens is 1. The van der Waals surface area contributed by atoms with Crippen molar-refractivity contribution in [2.45, 2.75) is 12.6 Å². The van der Waals surface area contributed by atoms with Gasteiger partial charge < -0.3 is 14.6 Å². The molecule has 1 aliphatic heterocycles. The third kappa shape index (κ3) is 2.87. The molecule has 2 aromatic rings. The summed E-state index contributed by atoms with van der Waals surface area (Å²) in [7, 11) is 1.76. The first kappa shape index (κ1) is 14.3. The van der Waals surface area contributed by atoms with E-state index >= 15 is 0 Å². The monoisotopic (exact) mass is 300 g/mol. The fraction of sp³-hybridized carbons (Fsp3) is 0.250. The summed E-state index contributed by atoms with van der Waals surface area (Å²) in [6.45, 7) is 0.604. The maximum absolute atomic E-state index is 11.7. The average molecular weight is 300 g/mol. The second-order valence-electron chi connectivity index (χ2n) is 5.09. The highest BCUT2D eigenvalue weighted by Gasteiger charge is 2.27. The van der Waals surface area contributed by atoms with Gasteiger partial charge in [0.25, 0.3) is 0 Å². The molecule has 1 N–H and O–H groups in total. The first-order valence-electron chi connectivity index (χ1n) is 6.87. The van der Waals surface area contributed by atoms with E-state index < -0.39 is 12.0 Å². The third-order valence-electron chi connectivity index (χ3n) is 3.52. The molecule has 0 amide bonds. The van der Waals surface area contributed by atoms with E-state index in [4.69, 9.17) is 9.47 Å². The molecule has 0 spiro atoms. The molecule has 1 aliphatic rings. The smallest absolute Gasteiger partial charge is 0.325 e. The lowest BCUT2D eigenvalue weighted by molar-refractivity contribution is -0.143. The molecule has 2 heterocycles. The van der Waals surface area contributed by atoms with E-state index in [1.807, 2.05) is 18.2 Å². The highest BCUT2D eigenvalue weighted by atomic mass is 16.7. The summed E-state index contributed by atoms with van der Waals surface area (Å²) in [6, 6.07) is 10.0. The van der Waals surface area contributed by atoms with Crippen molar-refractivity contribution in [2.24, 2.45) is 0 Å². The van der Waals surface area contributed by atoms with Crippen molar-refractivity contribution < 1.29 is 19.4 Å². The molecule has 6 heteroatoms. The van der Waals surface area contributed by atoms with Crippen LogP contribution in [0.1, 0.15) is 17.3 Å². The lowest BCUT2D eigenvalue weighted by atomic mass is 10.0. The van der Waals surface area contributed by atoms with E-state index in [2.05, 4.69) is 4.98 Å². The van der Waals surface area contributed by atoms with Crippen molar-refractivity contribution in [3.8, 4) is 11.5 Å². The van der Waals surface area contributed by atoms with Crippen molar-refractivity contribution in [3.63, 3.8) is 0 Å². The Kier molecular flexibility index (Phi) is 3.93. The second kappa shape index (κ2) is 6.03. The Bertz CT molecular complexity index is 675. The average Bonchev–Trinajstić information content (AvgIpc) is 2.95. The van der Waals surface area contributed by atoms with Gasteiger partial charge in [-0.05, 0) is 36.9 Å². The summed E-state index contributed by atoms with van der Waals surface area (Å²) in [5.74, 6) is 0.299. The van der Waals surface area contributed by atoms with Crippen LogP contribution in [0.25, 0.3) is 0 Å². The van der Waals surface area contributed by atoms with Crippen molar-refractivity contribution >= 4 is 5.97 Å². The first-order chi connectivity index (χ1) is 10.6. The Balaban J connectivity index is 1.84. The van der Waals surface area contributed by atoms with Crippen LogP contribution in [0.5, 0.6) is 11.5 Å². The number of carbonyl (C=O) groups is 1. The molecule has 3 rings (SSSR count). The van der Waals surface area contributed by atoms with Crippen LogP contribution in [0, 0.1) is 0 Å². The van der Waals surface area contributed by atoms with E-state index in [0.717, 1.165) is 5.69 Å². The minimum absolute atomic E-state index is 0.167. The van der Waals surface area contributed by atoms with Crippen molar-refractivity contribution in [1.82, 2.24) is 9.88 Å². The van der Waals surface area contributed by atoms with Crippen molar-refractivity contribution in [1.29, 1.82) is 0 Å². The molecular weight excluding hydrogens is 284 g/mol. The van der Waals surface area contributed by atoms with Gasteiger partial charge in [0.05, 0.1) is 5.69 Å². The molecule has 0 fully saturated rings. The van der Waals surface area contributed by atoms with Gasteiger partial charge in [-0.1, -0.05) is 12.1 Å². The highest BCUT2D eigenvalue weighted by molar-refractivity contribution is 5.76. The molecule has 1 atom stereocenters. The number of nitrogens with zero attached hydrogens (tertiary/aromatic N) is 2. The number of hydrogen-bond acceptors (Lipinski definition) is 5. The van der Waals surface area contributed by atoms with Crippen molar-refractivity contribution in [2.75, 3.05) is 13.8 Å². The Morgan fingerprint density at radius 2 is 2.14 bits per heavy atom. The number of fused-ring (bicyclic) bond motifs is 1. The third-order valence-corrected chi connectivity index (χ3v) is 3.52. The largest absolute Gasteiger partial charge is 0.480 e. The molecule has 1 aromatic carbocycles. The summed E-state index contributed by atoms with van der Waals surface area (Å²) in [5.41, 5.74) is 1.46. The normalized spacial score (nSPS) is 14.1. The predicted molar refractivity (Wildman–Crippen MR) is 78.6 cm³/mol. The molecule has 0 unspecified atom stereocenters. The number of aliphatic carboxylic acids is 1. The maximum atomic E-state index is 11.7. The summed E-state index contributed by atoms with van der Waals surface area (Å²) in [6.07, 6.45) is 1.69. The van der Waals surface area contributed by atoms with Gasteiger partial charge in [-0.3, -0.25) is 14.7 Å². The Morgan fingerprint density at radius 3 is 2.86 bits per heavy atom. The Morgan fingerprint density at radius 1 is 1.32 bits per heavy atom. The molecular formula is C16H16N2O4. The van der Waals surface area contributed by atoms with E-state index in [1.165, 1.54) is 0 Å². The van der Waals surface area contributed by atoms with Gasteiger partial charge in [0.1, 0.15) is 6.04 Å². The molecule has 0 saturated carbocycles. The van der Waals surface area contributed by atoms with Gasteiger partial charge in [0.15, 0.2) is 11.5 Å². The fourth-order valence-corrected chi connectivity index (χ4v) is 2.51.